The van der Waals surface area contributed by atoms with Crippen LogP contribution in [0.2, 0.25) is 0 Å². The molecule has 0 aromatic heterocycles. The number of imide groups is 1. The Labute approximate surface area is 125 Å². The van der Waals surface area contributed by atoms with Crippen LogP contribution in [-0.4, -0.2) is 43.5 Å². The smallest absolute Gasteiger partial charge is 0.338 e. The molecular weight excluding hydrogens is 296 g/mol. The van der Waals surface area contributed by atoms with E-state index in [0.717, 1.165) is 6.07 Å². The summed E-state index contributed by atoms with van der Waals surface area (Å²) in [7, 11) is 2.82. The number of nitrogens with zero attached hydrogens (tertiary/aromatic N) is 1. The maximum atomic E-state index is 11.7. The van der Waals surface area contributed by atoms with Gasteiger partial charge >= 0.3 is 12.0 Å². The average molecular weight is 310 g/mol. The van der Waals surface area contributed by atoms with Gasteiger partial charge in [0, 0.05) is 20.2 Å². The fourth-order valence-corrected chi connectivity index (χ4v) is 1.46. The molecule has 0 spiro atoms. The summed E-state index contributed by atoms with van der Waals surface area (Å²) in [5.74, 6) is -1.74. The second-order valence-corrected chi connectivity index (χ2v) is 3.94. The summed E-state index contributed by atoms with van der Waals surface area (Å²) in [5.41, 5.74) is -0.149. The largest absolute Gasteiger partial charge is 0.452 e. The van der Waals surface area contributed by atoms with Gasteiger partial charge in [-0.25, -0.2) is 9.59 Å². The molecule has 0 saturated heterocycles. The van der Waals surface area contributed by atoms with E-state index in [0.29, 0.717) is 0 Å². The zero-order valence-electron chi connectivity index (χ0n) is 11.8. The van der Waals surface area contributed by atoms with Crippen LogP contribution in [0.15, 0.2) is 18.2 Å². The zero-order chi connectivity index (χ0) is 16.7. The van der Waals surface area contributed by atoms with Gasteiger partial charge in [0.25, 0.3) is 11.6 Å². The lowest BCUT2D eigenvalue weighted by Gasteiger charge is -2.07. The first-order valence-corrected chi connectivity index (χ1v) is 6.04. The predicted octanol–water partition coefficient (Wildman–Crippen LogP) is 0.249. The van der Waals surface area contributed by atoms with E-state index in [2.05, 4.69) is 15.4 Å². The highest BCUT2D eigenvalue weighted by molar-refractivity contribution is 5.97. The van der Waals surface area contributed by atoms with Gasteiger partial charge in [0.05, 0.1) is 10.5 Å². The summed E-state index contributed by atoms with van der Waals surface area (Å²) in [6, 6.07) is 2.96. The number of anilines is 1. The van der Waals surface area contributed by atoms with Crippen LogP contribution in [-0.2, 0) is 9.53 Å². The number of ether oxygens (including phenoxy) is 1. The van der Waals surface area contributed by atoms with Crippen molar-refractivity contribution in [3.63, 3.8) is 0 Å². The Balaban J connectivity index is 2.74. The lowest BCUT2D eigenvalue weighted by atomic mass is 10.1. The molecule has 0 unspecified atom stereocenters. The number of nitro groups is 1. The number of urea groups is 1. The van der Waals surface area contributed by atoms with Gasteiger partial charge in [-0.3, -0.25) is 20.2 Å². The van der Waals surface area contributed by atoms with Crippen molar-refractivity contribution in [3.8, 4) is 0 Å². The van der Waals surface area contributed by atoms with Gasteiger partial charge in [-0.1, -0.05) is 0 Å². The van der Waals surface area contributed by atoms with Crippen molar-refractivity contribution in [1.29, 1.82) is 0 Å². The van der Waals surface area contributed by atoms with Gasteiger partial charge in [-0.2, -0.15) is 0 Å². The van der Waals surface area contributed by atoms with E-state index >= 15 is 0 Å². The van der Waals surface area contributed by atoms with Crippen LogP contribution in [0.4, 0.5) is 16.2 Å². The normalized spacial score (nSPS) is 9.55. The number of carbonyl (C=O) groups excluding carboxylic acids is 3. The van der Waals surface area contributed by atoms with Crippen LogP contribution in [0.25, 0.3) is 0 Å². The van der Waals surface area contributed by atoms with E-state index < -0.39 is 29.4 Å². The number of esters is 1. The molecule has 10 heteroatoms. The number of hydrogen-bond acceptors (Lipinski definition) is 7. The van der Waals surface area contributed by atoms with Crippen molar-refractivity contribution in [3.05, 3.63) is 33.9 Å². The predicted molar refractivity (Wildman–Crippen MR) is 75.5 cm³/mol. The van der Waals surface area contributed by atoms with E-state index in [-0.39, 0.29) is 16.9 Å². The first-order valence-electron chi connectivity index (χ1n) is 6.04. The molecule has 0 fully saturated rings. The highest BCUT2D eigenvalue weighted by atomic mass is 16.6. The second-order valence-electron chi connectivity index (χ2n) is 3.94. The minimum absolute atomic E-state index is 0.0848. The number of carbonyl (C=O) groups is 3. The van der Waals surface area contributed by atoms with Crippen molar-refractivity contribution in [2.24, 2.45) is 0 Å². The molecule has 1 aromatic rings. The van der Waals surface area contributed by atoms with E-state index in [1.165, 1.54) is 26.2 Å². The van der Waals surface area contributed by atoms with Crippen molar-refractivity contribution in [1.82, 2.24) is 10.6 Å². The lowest BCUT2D eigenvalue weighted by molar-refractivity contribution is -0.384. The van der Waals surface area contributed by atoms with E-state index in [9.17, 15) is 24.5 Å². The number of hydrogen-bond donors (Lipinski definition) is 3. The first kappa shape index (κ1) is 16.9. The summed E-state index contributed by atoms with van der Waals surface area (Å²) in [6.45, 7) is -0.687. The van der Waals surface area contributed by atoms with Crippen molar-refractivity contribution >= 4 is 29.3 Å². The molecule has 10 nitrogen and oxygen atoms in total. The summed E-state index contributed by atoms with van der Waals surface area (Å²) < 4.78 is 4.67. The highest BCUT2D eigenvalue weighted by Gasteiger charge is 2.18. The first-order chi connectivity index (χ1) is 10.4. The fraction of sp³-hybridized carbons (Fsp3) is 0.250. The maximum absolute atomic E-state index is 11.7. The molecule has 0 aliphatic heterocycles. The summed E-state index contributed by atoms with van der Waals surface area (Å²) >= 11 is 0. The number of rotatable bonds is 5. The standard InChI is InChI=1S/C12H14N4O6/c1-13-8-4-3-7(5-9(8)16(20)21)11(18)22-6-10(17)15-12(19)14-2/h3-5,13H,6H2,1-2H3,(H2,14,15,17,19). The molecular formula is C12H14N4O6. The second kappa shape index (κ2) is 7.57. The average Bonchev–Trinajstić information content (AvgIpc) is 2.51. The third-order valence-corrected chi connectivity index (χ3v) is 2.51. The van der Waals surface area contributed by atoms with Crippen molar-refractivity contribution in [2.75, 3.05) is 26.0 Å². The molecule has 1 rings (SSSR count). The zero-order valence-corrected chi connectivity index (χ0v) is 11.8. The molecule has 0 radical (unpaired) electrons. The van der Waals surface area contributed by atoms with Crippen molar-refractivity contribution < 1.29 is 24.0 Å². The molecule has 0 aliphatic carbocycles. The Hall–Kier alpha value is -3.17. The number of nitrogens with one attached hydrogen (secondary N) is 3. The molecule has 1 aromatic carbocycles. The summed E-state index contributed by atoms with van der Waals surface area (Å²) in [4.78, 5) is 44.1. The Morgan fingerprint density at radius 2 is 1.95 bits per heavy atom. The molecule has 0 aliphatic rings. The van der Waals surface area contributed by atoms with Gasteiger partial charge in [0.2, 0.25) is 0 Å². The maximum Gasteiger partial charge on any atom is 0.338 e. The number of nitro benzene ring substituents is 1. The number of benzene rings is 1. The molecule has 22 heavy (non-hydrogen) atoms. The number of amides is 3. The highest BCUT2D eigenvalue weighted by Crippen LogP contribution is 2.25. The van der Waals surface area contributed by atoms with Gasteiger partial charge < -0.3 is 15.4 Å². The monoisotopic (exact) mass is 310 g/mol. The van der Waals surface area contributed by atoms with E-state index in [1.54, 1.807) is 0 Å². The molecule has 0 atom stereocenters. The summed E-state index contributed by atoms with van der Waals surface area (Å²) in [5, 5.41) is 17.6. The van der Waals surface area contributed by atoms with E-state index in [1.807, 2.05) is 5.32 Å². The Morgan fingerprint density at radius 1 is 1.27 bits per heavy atom. The van der Waals surface area contributed by atoms with Crippen LogP contribution in [0, 0.1) is 10.1 Å². The van der Waals surface area contributed by atoms with Crippen LogP contribution in [0.5, 0.6) is 0 Å². The Bertz CT molecular complexity index is 616. The summed E-state index contributed by atoms with van der Waals surface area (Å²) in [6.07, 6.45) is 0. The molecule has 0 bridgehead atoms. The van der Waals surface area contributed by atoms with Gasteiger partial charge in [-0.05, 0) is 12.1 Å². The van der Waals surface area contributed by atoms with Crippen LogP contribution < -0.4 is 16.0 Å². The topological polar surface area (TPSA) is 140 Å². The van der Waals surface area contributed by atoms with Crippen molar-refractivity contribution in [2.45, 2.75) is 0 Å². The third-order valence-electron chi connectivity index (χ3n) is 2.51. The SMILES string of the molecule is CNC(=O)NC(=O)COC(=O)c1ccc(NC)c([N+](=O)[O-])c1. The van der Waals surface area contributed by atoms with Gasteiger partial charge in [-0.15, -0.1) is 0 Å². The molecule has 0 saturated carbocycles. The van der Waals surface area contributed by atoms with Crippen LogP contribution in [0.1, 0.15) is 10.4 Å². The Morgan fingerprint density at radius 3 is 2.50 bits per heavy atom. The molecule has 3 N–H and O–H groups in total. The minimum Gasteiger partial charge on any atom is -0.452 e. The van der Waals surface area contributed by atoms with E-state index in [4.69, 9.17) is 0 Å². The Kier molecular flexibility index (Phi) is 5.81. The fourth-order valence-electron chi connectivity index (χ4n) is 1.46. The van der Waals surface area contributed by atoms with Crippen LogP contribution >= 0.6 is 0 Å². The van der Waals surface area contributed by atoms with Gasteiger partial charge in [0.1, 0.15) is 5.69 Å². The third kappa shape index (κ3) is 4.44. The lowest BCUT2D eigenvalue weighted by Crippen LogP contribution is -2.39. The molecule has 3 amide bonds. The van der Waals surface area contributed by atoms with Gasteiger partial charge in [0.15, 0.2) is 6.61 Å². The van der Waals surface area contributed by atoms with Crippen LogP contribution in [0.3, 0.4) is 0 Å². The molecule has 118 valence electrons. The molecule has 0 heterocycles. The minimum atomic E-state index is -0.919. The quantitative estimate of drug-likeness (QED) is 0.402.